The molecule has 7 nitrogen and oxygen atoms in total. The number of para-hydroxylation sites is 2. The second kappa shape index (κ2) is 9.34. The van der Waals surface area contributed by atoms with E-state index >= 15 is 0 Å². The van der Waals surface area contributed by atoms with Gasteiger partial charge in [0.1, 0.15) is 0 Å². The molecule has 176 valence electrons. The lowest BCUT2D eigenvalue weighted by molar-refractivity contribution is 0.101. The minimum atomic E-state index is -0.952. The van der Waals surface area contributed by atoms with E-state index in [4.69, 9.17) is 4.74 Å². The zero-order valence-corrected chi connectivity index (χ0v) is 18.9. The lowest BCUT2D eigenvalue weighted by Gasteiger charge is -2.10. The third-order valence-corrected chi connectivity index (χ3v) is 6.05. The first kappa shape index (κ1) is 22.2. The molecule has 34 heavy (non-hydrogen) atoms. The molecular formula is C25H25F2N5O2. The van der Waals surface area contributed by atoms with Crippen molar-refractivity contribution in [2.75, 3.05) is 18.5 Å². The number of carbonyl (C=O) groups is 1. The second-order valence-electron chi connectivity index (χ2n) is 8.22. The molecule has 1 aliphatic rings. The summed E-state index contributed by atoms with van der Waals surface area (Å²) in [4.78, 5) is 18.0. The van der Waals surface area contributed by atoms with Crippen molar-refractivity contribution in [1.29, 1.82) is 0 Å². The van der Waals surface area contributed by atoms with Crippen LogP contribution in [0.5, 0.6) is 0 Å². The molecule has 0 atom stereocenters. The molecule has 1 aliphatic carbocycles. The molecule has 0 saturated heterocycles. The van der Waals surface area contributed by atoms with Gasteiger partial charge < -0.3 is 9.30 Å². The van der Waals surface area contributed by atoms with Crippen LogP contribution in [0.1, 0.15) is 41.5 Å². The first-order valence-corrected chi connectivity index (χ1v) is 11.5. The molecule has 0 aliphatic heterocycles. The smallest absolute Gasteiger partial charge is 0.278 e. The summed E-state index contributed by atoms with van der Waals surface area (Å²) < 4.78 is 36.3. The molecule has 5 rings (SSSR count). The van der Waals surface area contributed by atoms with Crippen molar-refractivity contribution in [3.05, 3.63) is 71.1 Å². The first-order chi connectivity index (χ1) is 16.6. The predicted molar refractivity (Wildman–Crippen MR) is 124 cm³/mol. The lowest BCUT2D eigenvalue weighted by Crippen LogP contribution is -2.18. The average molecular weight is 466 g/mol. The van der Waals surface area contributed by atoms with Gasteiger partial charge in [0, 0.05) is 37.1 Å². The number of halogens is 2. The molecule has 2 aromatic heterocycles. The Kier molecular flexibility index (Phi) is 6.10. The molecule has 2 aromatic carbocycles. The Morgan fingerprint density at radius 3 is 2.82 bits per heavy atom. The molecule has 0 saturated carbocycles. The van der Waals surface area contributed by atoms with Crippen molar-refractivity contribution >= 4 is 22.9 Å². The molecule has 0 spiro atoms. The lowest BCUT2D eigenvalue weighted by atomic mass is 10.2. The van der Waals surface area contributed by atoms with E-state index in [2.05, 4.69) is 15.4 Å². The maximum atomic E-state index is 13.9. The number of rotatable bonds is 8. The summed E-state index contributed by atoms with van der Waals surface area (Å²) in [5.74, 6) is -1.81. The topological polar surface area (TPSA) is 74.0 Å². The summed E-state index contributed by atoms with van der Waals surface area (Å²) in [6.45, 7) is 3.86. The van der Waals surface area contributed by atoms with Gasteiger partial charge in [-0.3, -0.25) is 10.1 Å². The molecule has 0 fully saturated rings. The van der Waals surface area contributed by atoms with Gasteiger partial charge in [-0.05, 0) is 56.9 Å². The molecule has 0 radical (unpaired) electrons. The van der Waals surface area contributed by atoms with Crippen LogP contribution in [0.3, 0.4) is 0 Å². The Balaban J connectivity index is 1.47. The van der Waals surface area contributed by atoms with E-state index in [1.54, 1.807) is 4.68 Å². The number of fused-ring (bicyclic) bond motifs is 2. The van der Waals surface area contributed by atoms with Gasteiger partial charge in [0.15, 0.2) is 17.3 Å². The van der Waals surface area contributed by atoms with E-state index in [9.17, 15) is 13.6 Å². The summed E-state index contributed by atoms with van der Waals surface area (Å²) in [7, 11) is 0. The highest BCUT2D eigenvalue weighted by Crippen LogP contribution is 2.29. The number of aromatic nitrogens is 4. The molecular weight excluding hydrogens is 440 g/mol. The van der Waals surface area contributed by atoms with Crippen molar-refractivity contribution in [3.8, 4) is 5.69 Å². The van der Waals surface area contributed by atoms with Gasteiger partial charge in [-0.1, -0.05) is 12.1 Å². The van der Waals surface area contributed by atoms with Crippen LogP contribution in [-0.4, -0.2) is 38.5 Å². The predicted octanol–water partition coefficient (Wildman–Crippen LogP) is 4.67. The minimum absolute atomic E-state index is 0.283. The highest BCUT2D eigenvalue weighted by Gasteiger charge is 2.28. The fraction of sp³-hybridized carbons (Fsp3) is 0.320. The Morgan fingerprint density at radius 1 is 1.15 bits per heavy atom. The maximum Gasteiger partial charge on any atom is 0.278 e. The van der Waals surface area contributed by atoms with Crippen LogP contribution in [-0.2, 0) is 24.1 Å². The van der Waals surface area contributed by atoms with Crippen LogP contribution in [0.4, 0.5) is 14.7 Å². The number of imidazole rings is 1. The van der Waals surface area contributed by atoms with Crippen molar-refractivity contribution in [2.24, 2.45) is 0 Å². The van der Waals surface area contributed by atoms with Crippen LogP contribution in [0.15, 0.2) is 42.5 Å². The van der Waals surface area contributed by atoms with Crippen molar-refractivity contribution in [1.82, 2.24) is 19.3 Å². The third kappa shape index (κ3) is 4.07. The number of carbonyl (C=O) groups excluding carboxylic acids is 1. The number of hydrogen-bond acceptors (Lipinski definition) is 4. The average Bonchev–Trinajstić information content (AvgIpc) is 3.53. The normalized spacial score (nSPS) is 12.9. The molecule has 9 heteroatoms. The fourth-order valence-corrected chi connectivity index (χ4v) is 4.48. The summed E-state index contributed by atoms with van der Waals surface area (Å²) in [6.07, 6.45) is 3.06. The molecule has 4 aromatic rings. The van der Waals surface area contributed by atoms with E-state index in [0.717, 1.165) is 47.3 Å². The molecule has 1 N–H and O–H groups in total. The van der Waals surface area contributed by atoms with Gasteiger partial charge in [-0.2, -0.15) is 5.10 Å². The number of amides is 1. The van der Waals surface area contributed by atoms with Gasteiger partial charge in [0.2, 0.25) is 5.95 Å². The van der Waals surface area contributed by atoms with E-state index in [-0.39, 0.29) is 11.6 Å². The maximum absolute atomic E-state index is 13.9. The number of benzene rings is 2. The quantitative estimate of drug-likeness (QED) is 0.384. The Bertz CT molecular complexity index is 1360. The van der Waals surface area contributed by atoms with Crippen LogP contribution in [0.2, 0.25) is 0 Å². The van der Waals surface area contributed by atoms with E-state index in [0.29, 0.717) is 44.2 Å². The van der Waals surface area contributed by atoms with Gasteiger partial charge >= 0.3 is 0 Å². The number of ether oxygens (including phenoxy) is 1. The van der Waals surface area contributed by atoms with Gasteiger partial charge in [-0.15, -0.1) is 0 Å². The van der Waals surface area contributed by atoms with E-state index in [1.165, 1.54) is 6.07 Å². The SMILES string of the molecule is CCOCCCn1c(NC(=O)c2nn(-c3ccc(F)c(F)c3)c3c2CCC3)nc2ccccc21. The fourth-order valence-electron chi connectivity index (χ4n) is 4.48. The summed E-state index contributed by atoms with van der Waals surface area (Å²) in [5, 5.41) is 7.43. The van der Waals surface area contributed by atoms with Crippen LogP contribution < -0.4 is 5.32 Å². The van der Waals surface area contributed by atoms with Crippen LogP contribution in [0.25, 0.3) is 16.7 Å². The number of nitrogens with one attached hydrogen (secondary N) is 1. The number of nitrogens with zero attached hydrogens (tertiary/aromatic N) is 4. The summed E-state index contributed by atoms with van der Waals surface area (Å²) >= 11 is 0. The Labute approximate surface area is 195 Å². The van der Waals surface area contributed by atoms with Gasteiger partial charge in [0.25, 0.3) is 5.91 Å². The first-order valence-electron chi connectivity index (χ1n) is 11.5. The largest absolute Gasteiger partial charge is 0.382 e. The van der Waals surface area contributed by atoms with Crippen molar-refractivity contribution in [3.63, 3.8) is 0 Å². The summed E-state index contributed by atoms with van der Waals surface area (Å²) in [5.41, 5.74) is 4.06. The van der Waals surface area contributed by atoms with Crippen LogP contribution in [0, 0.1) is 11.6 Å². The van der Waals surface area contributed by atoms with E-state index in [1.807, 2.05) is 35.8 Å². The van der Waals surface area contributed by atoms with Gasteiger partial charge in [-0.25, -0.2) is 18.4 Å². The second-order valence-corrected chi connectivity index (χ2v) is 8.22. The zero-order chi connectivity index (χ0) is 23.7. The Morgan fingerprint density at radius 2 is 2.00 bits per heavy atom. The molecule has 1 amide bonds. The molecule has 2 heterocycles. The number of anilines is 1. The van der Waals surface area contributed by atoms with Crippen molar-refractivity contribution in [2.45, 2.75) is 39.2 Å². The Hall–Kier alpha value is -3.59. The number of aryl methyl sites for hydroxylation is 1. The third-order valence-electron chi connectivity index (χ3n) is 6.05. The van der Waals surface area contributed by atoms with Gasteiger partial charge in [0.05, 0.1) is 16.7 Å². The molecule has 0 unspecified atom stereocenters. The zero-order valence-electron chi connectivity index (χ0n) is 18.9. The molecule has 0 bridgehead atoms. The standard InChI is InChI=1S/C25H25F2N5O2/c1-2-34-14-6-13-31-22-9-4-3-8-20(22)28-25(31)29-24(33)23-17-7-5-10-21(17)32(30-23)16-11-12-18(26)19(27)15-16/h3-4,8-9,11-12,15H,2,5-7,10,13-14H2,1H3,(H,28,29,33). The van der Waals surface area contributed by atoms with E-state index < -0.39 is 11.6 Å². The highest BCUT2D eigenvalue weighted by molar-refractivity contribution is 6.04. The summed E-state index contributed by atoms with van der Waals surface area (Å²) in [6, 6.07) is 11.3. The van der Waals surface area contributed by atoms with Crippen LogP contribution >= 0.6 is 0 Å². The number of hydrogen-bond donors (Lipinski definition) is 1. The minimum Gasteiger partial charge on any atom is -0.382 e. The van der Waals surface area contributed by atoms with Crippen molar-refractivity contribution < 1.29 is 18.3 Å². The monoisotopic (exact) mass is 465 g/mol. The highest BCUT2D eigenvalue weighted by atomic mass is 19.2.